The SMILES string of the molecule is COC(=O)c1ccc2c(c1)C(c1c(F)ccc(F)c1F)=CCC2. The van der Waals surface area contributed by atoms with E-state index >= 15 is 0 Å². The van der Waals surface area contributed by atoms with Gasteiger partial charge in [-0.2, -0.15) is 0 Å². The molecule has 2 aromatic carbocycles. The number of carbonyl (C=O) groups is 1. The van der Waals surface area contributed by atoms with E-state index < -0.39 is 29.0 Å². The number of halogens is 3. The van der Waals surface area contributed by atoms with Crippen LogP contribution in [-0.4, -0.2) is 13.1 Å². The first kappa shape index (κ1) is 15.3. The number of hydrogen-bond donors (Lipinski definition) is 0. The van der Waals surface area contributed by atoms with Crippen LogP contribution in [0.25, 0.3) is 5.57 Å². The standard InChI is InChI=1S/C18H13F3O2/c1-23-18(22)11-6-5-10-3-2-4-12(13(10)9-11)16-14(19)7-8-15(20)17(16)21/h4-9H,2-3H2,1H3. The molecule has 0 bridgehead atoms. The van der Waals surface area contributed by atoms with Crippen LogP contribution in [0.15, 0.2) is 36.4 Å². The van der Waals surface area contributed by atoms with Gasteiger partial charge in [-0.1, -0.05) is 12.1 Å². The highest BCUT2D eigenvalue weighted by Crippen LogP contribution is 2.35. The Labute approximate surface area is 131 Å². The Bertz CT molecular complexity index is 825. The molecule has 0 atom stereocenters. The lowest BCUT2D eigenvalue weighted by Gasteiger charge is -2.20. The fraction of sp³-hybridized carbons (Fsp3) is 0.167. The molecular formula is C18H13F3O2. The molecule has 2 nitrogen and oxygen atoms in total. The van der Waals surface area contributed by atoms with E-state index in [9.17, 15) is 18.0 Å². The molecule has 0 unspecified atom stereocenters. The van der Waals surface area contributed by atoms with Gasteiger partial charge in [0.25, 0.3) is 0 Å². The zero-order valence-corrected chi connectivity index (χ0v) is 12.3. The van der Waals surface area contributed by atoms with E-state index in [0.29, 0.717) is 18.4 Å². The van der Waals surface area contributed by atoms with Crippen LogP contribution >= 0.6 is 0 Å². The number of benzene rings is 2. The van der Waals surface area contributed by atoms with E-state index in [1.165, 1.54) is 13.2 Å². The van der Waals surface area contributed by atoms with Crippen molar-refractivity contribution >= 4 is 11.5 Å². The van der Waals surface area contributed by atoms with Gasteiger partial charge < -0.3 is 4.74 Å². The molecule has 0 fully saturated rings. The van der Waals surface area contributed by atoms with Crippen molar-refractivity contribution in [3.63, 3.8) is 0 Å². The Kier molecular flexibility index (Phi) is 3.94. The third-order valence-corrected chi connectivity index (χ3v) is 3.90. The number of rotatable bonds is 2. The van der Waals surface area contributed by atoms with Crippen LogP contribution in [0, 0.1) is 17.5 Å². The summed E-state index contributed by atoms with van der Waals surface area (Å²) in [7, 11) is 1.25. The van der Waals surface area contributed by atoms with Crippen LogP contribution in [-0.2, 0) is 11.2 Å². The Morgan fingerprint density at radius 3 is 2.57 bits per heavy atom. The number of fused-ring (bicyclic) bond motifs is 1. The molecule has 0 saturated carbocycles. The highest BCUT2D eigenvalue weighted by atomic mass is 19.2. The van der Waals surface area contributed by atoms with Crippen molar-refractivity contribution in [2.75, 3.05) is 7.11 Å². The zero-order chi connectivity index (χ0) is 16.6. The molecule has 0 N–H and O–H groups in total. The average molecular weight is 318 g/mol. The Morgan fingerprint density at radius 1 is 1.09 bits per heavy atom. The number of carbonyl (C=O) groups excluding carboxylic acids is 1. The van der Waals surface area contributed by atoms with E-state index in [1.807, 2.05) is 0 Å². The monoisotopic (exact) mass is 318 g/mol. The quantitative estimate of drug-likeness (QED) is 0.610. The van der Waals surface area contributed by atoms with E-state index in [0.717, 1.165) is 17.7 Å². The summed E-state index contributed by atoms with van der Waals surface area (Å²) in [5, 5.41) is 0. The largest absolute Gasteiger partial charge is 0.465 e. The predicted octanol–water partition coefficient (Wildman–Crippen LogP) is 4.27. The van der Waals surface area contributed by atoms with Crippen molar-refractivity contribution in [1.82, 2.24) is 0 Å². The second kappa shape index (κ2) is 5.91. The molecule has 1 aliphatic rings. The average Bonchev–Trinajstić information content (AvgIpc) is 2.57. The maximum absolute atomic E-state index is 14.1. The third-order valence-electron chi connectivity index (χ3n) is 3.90. The molecule has 0 aromatic heterocycles. The molecule has 23 heavy (non-hydrogen) atoms. The van der Waals surface area contributed by atoms with Gasteiger partial charge >= 0.3 is 5.97 Å². The number of aryl methyl sites for hydroxylation is 1. The van der Waals surface area contributed by atoms with E-state index in [-0.39, 0.29) is 11.1 Å². The molecule has 2 aromatic rings. The lowest BCUT2D eigenvalue weighted by atomic mass is 9.85. The molecule has 5 heteroatoms. The number of ether oxygens (including phenoxy) is 1. The van der Waals surface area contributed by atoms with E-state index in [1.54, 1.807) is 18.2 Å². The fourth-order valence-corrected chi connectivity index (χ4v) is 2.78. The van der Waals surface area contributed by atoms with Crippen molar-refractivity contribution in [3.8, 4) is 0 Å². The van der Waals surface area contributed by atoms with Crippen LogP contribution in [0.3, 0.4) is 0 Å². The van der Waals surface area contributed by atoms with Gasteiger partial charge in [0.2, 0.25) is 0 Å². The van der Waals surface area contributed by atoms with Crippen molar-refractivity contribution < 1.29 is 22.7 Å². The number of esters is 1. The van der Waals surface area contributed by atoms with Crippen molar-refractivity contribution in [2.45, 2.75) is 12.8 Å². The van der Waals surface area contributed by atoms with Crippen LogP contribution in [0.4, 0.5) is 13.2 Å². The topological polar surface area (TPSA) is 26.3 Å². The molecule has 3 rings (SSSR count). The number of allylic oxidation sites excluding steroid dienone is 1. The van der Waals surface area contributed by atoms with Crippen LogP contribution in [0.2, 0.25) is 0 Å². The van der Waals surface area contributed by atoms with Gasteiger partial charge in [-0.05, 0) is 53.8 Å². The summed E-state index contributed by atoms with van der Waals surface area (Å²) in [5.41, 5.74) is 1.48. The third kappa shape index (κ3) is 2.63. The molecular weight excluding hydrogens is 305 g/mol. The predicted molar refractivity (Wildman–Crippen MR) is 79.5 cm³/mol. The van der Waals surface area contributed by atoms with Gasteiger partial charge in [-0.15, -0.1) is 0 Å². The summed E-state index contributed by atoms with van der Waals surface area (Å²) in [6.07, 6.45) is 2.92. The van der Waals surface area contributed by atoms with Crippen LogP contribution in [0.5, 0.6) is 0 Å². The minimum absolute atomic E-state index is 0.256. The number of hydrogen-bond acceptors (Lipinski definition) is 2. The zero-order valence-electron chi connectivity index (χ0n) is 12.3. The molecule has 0 spiro atoms. The summed E-state index contributed by atoms with van der Waals surface area (Å²) < 4.78 is 46.4. The van der Waals surface area contributed by atoms with Gasteiger partial charge in [-0.25, -0.2) is 18.0 Å². The Balaban J connectivity index is 2.20. The lowest BCUT2D eigenvalue weighted by Crippen LogP contribution is -2.08. The lowest BCUT2D eigenvalue weighted by molar-refractivity contribution is 0.0600. The van der Waals surface area contributed by atoms with Gasteiger partial charge in [0, 0.05) is 0 Å². The number of methoxy groups -OCH3 is 1. The minimum atomic E-state index is -1.23. The Hall–Kier alpha value is -2.56. The second-order valence-electron chi connectivity index (χ2n) is 5.24. The molecule has 0 heterocycles. The molecule has 118 valence electrons. The fourth-order valence-electron chi connectivity index (χ4n) is 2.78. The highest BCUT2D eigenvalue weighted by Gasteiger charge is 2.23. The van der Waals surface area contributed by atoms with Crippen LogP contribution in [0.1, 0.15) is 33.5 Å². The Morgan fingerprint density at radius 2 is 1.83 bits per heavy atom. The maximum Gasteiger partial charge on any atom is 0.337 e. The summed E-state index contributed by atoms with van der Waals surface area (Å²) in [6, 6.07) is 6.50. The highest BCUT2D eigenvalue weighted by molar-refractivity contribution is 5.92. The molecule has 0 radical (unpaired) electrons. The first-order valence-electron chi connectivity index (χ1n) is 7.08. The van der Waals surface area contributed by atoms with E-state index in [4.69, 9.17) is 0 Å². The summed E-state index contributed by atoms with van der Waals surface area (Å²) >= 11 is 0. The smallest absolute Gasteiger partial charge is 0.337 e. The minimum Gasteiger partial charge on any atom is -0.465 e. The van der Waals surface area contributed by atoms with E-state index in [2.05, 4.69) is 4.74 Å². The summed E-state index contributed by atoms with van der Waals surface area (Å²) in [4.78, 5) is 11.7. The van der Waals surface area contributed by atoms with Crippen LogP contribution < -0.4 is 0 Å². The maximum atomic E-state index is 14.1. The van der Waals surface area contributed by atoms with Gasteiger partial charge in [-0.3, -0.25) is 0 Å². The summed E-state index contributed by atoms with van der Waals surface area (Å²) in [6.45, 7) is 0. The van der Waals surface area contributed by atoms with Crippen molar-refractivity contribution in [2.24, 2.45) is 0 Å². The molecule has 1 aliphatic carbocycles. The normalized spacial score (nSPS) is 13.3. The first-order chi connectivity index (χ1) is 11.0. The first-order valence-corrected chi connectivity index (χ1v) is 7.08. The van der Waals surface area contributed by atoms with Gasteiger partial charge in [0.1, 0.15) is 5.82 Å². The van der Waals surface area contributed by atoms with Gasteiger partial charge in [0.05, 0.1) is 18.2 Å². The van der Waals surface area contributed by atoms with Crippen molar-refractivity contribution in [3.05, 3.63) is 76.1 Å². The molecule has 0 amide bonds. The van der Waals surface area contributed by atoms with Crippen molar-refractivity contribution in [1.29, 1.82) is 0 Å². The molecule has 0 aliphatic heterocycles. The second-order valence-corrected chi connectivity index (χ2v) is 5.24. The molecule has 0 saturated heterocycles. The van der Waals surface area contributed by atoms with Gasteiger partial charge in [0.15, 0.2) is 11.6 Å². The summed E-state index contributed by atoms with van der Waals surface area (Å²) in [5.74, 6) is -3.73.